The minimum Gasteiger partial charge on any atom is -0.497 e. The summed E-state index contributed by atoms with van der Waals surface area (Å²) in [5.41, 5.74) is 0.373. The highest BCUT2D eigenvalue weighted by Crippen LogP contribution is 2.64. The quantitative estimate of drug-likeness (QED) is 0.483. The molecule has 2 aliphatic carbocycles. The van der Waals surface area contributed by atoms with Crippen LogP contribution in [0.4, 0.5) is 0 Å². The van der Waals surface area contributed by atoms with Crippen molar-refractivity contribution in [1.82, 2.24) is 0 Å². The average molecular weight is 437 g/mol. The number of esters is 1. The van der Waals surface area contributed by atoms with E-state index in [4.69, 9.17) is 14.2 Å². The van der Waals surface area contributed by atoms with E-state index in [0.29, 0.717) is 33.0 Å². The molecule has 1 aromatic carbocycles. The Hall–Kier alpha value is -1.34. The number of carbonyl (C=O) groups is 2. The topological polar surface area (TPSA) is 61.8 Å². The first-order chi connectivity index (χ1) is 14.1. The van der Waals surface area contributed by atoms with Crippen LogP contribution in [0.5, 0.6) is 11.5 Å². The van der Waals surface area contributed by atoms with Crippen molar-refractivity contribution in [2.24, 2.45) is 17.8 Å². The molecule has 0 amide bonds. The highest BCUT2D eigenvalue weighted by Gasteiger charge is 2.55. The molecule has 0 aromatic heterocycles. The lowest BCUT2D eigenvalue weighted by Crippen LogP contribution is -2.48. The summed E-state index contributed by atoms with van der Waals surface area (Å²) in [6, 6.07) is 5.04. The number of rotatable bonds is 6. The van der Waals surface area contributed by atoms with Gasteiger partial charge in [0.05, 0.1) is 29.8 Å². The van der Waals surface area contributed by atoms with Crippen LogP contribution < -0.4 is 9.47 Å². The van der Waals surface area contributed by atoms with Crippen LogP contribution in [0.1, 0.15) is 42.5 Å². The number of carbonyl (C=O) groups excluding carboxylic acids is 2. The van der Waals surface area contributed by atoms with E-state index in [0.717, 1.165) is 12.8 Å². The van der Waals surface area contributed by atoms with Crippen molar-refractivity contribution >= 4 is 35.3 Å². The lowest BCUT2D eigenvalue weighted by Gasteiger charge is -2.51. The zero-order valence-electron chi connectivity index (χ0n) is 17.0. The van der Waals surface area contributed by atoms with Crippen molar-refractivity contribution < 1.29 is 23.8 Å². The van der Waals surface area contributed by atoms with E-state index in [9.17, 15) is 9.59 Å². The Labute approximate surface area is 180 Å². The van der Waals surface area contributed by atoms with Gasteiger partial charge in [-0.1, -0.05) is 6.42 Å². The molecule has 1 unspecified atom stereocenters. The number of benzene rings is 1. The summed E-state index contributed by atoms with van der Waals surface area (Å²) < 4.78 is 16.3. The fraction of sp³-hybridized carbons (Fsp3) is 0.636. The number of hydrogen-bond acceptors (Lipinski definition) is 7. The van der Waals surface area contributed by atoms with Crippen LogP contribution >= 0.6 is 23.5 Å². The molecule has 1 saturated heterocycles. The first-order valence-corrected chi connectivity index (χ1v) is 12.2. The number of ketones is 1. The molecule has 0 radical (unpaired) electrons. The van der Waals surface area contributed by atoms with Crippen LogP contribution in [0.15, 0.2) is 18.2 Å². The monoisotopic (exact) mass is 436 g/mol. The summed E-state index contributed by atoms with van der Waals surface area (Å²) in [6.07, 6.45) is 5.48. The van der Waals surface area contributed by atoms with E-state index in [1.165, 1.54) is 37.9 Å². The Bertz CT molecular complexity index is 758. The molecule has 1 heterocycles. The zero-order chi connectivity index (χ0) is 20.4. The summed E-state index contributed by atoms with van der Waals surface area (Å²) in [6.45, 7) is -0.261. The molecule has 0 N–H and O–H groups in total. The summed E-state index contributed by atoms with van der Waals surface area (Å²) in [5.74, 6) is 4.06. The predicted molar refractivity (Wildman–Crippen MR) is 116 cm³/mol. The summed E-state index contributed by atoms with van der Waals surface area (Å²) in [4.78, 5) is 25.5. The van der Waals surface area contributed by atoms with Gasteiger partial charge in [-0.15, -0.1) is 23.5 Å². The maximum absolute atomic E-state index is 12.8. The van der Waals surface area contributed by atoms with Crippen LogP contribution in [-0.4, -0.2) is 48.2 Å². The van der Waals surface area contributed by atoms with Crippen LogP contribution in [-0.2, 0) is 9.53 Å². The minimum absolute atomic E-state index is 0.0854. The second-order valence-electron chi connectivity index (χ2n) is 8.01. The Morgan fingerprint density at radius 2 is 1.76 bits per heavy atom. The standard InChI is InChI=1S/C22H28O5S2/c1-25-17-6-7-20(26-2)18(12-17)19(23)13-27-21(24)14-10-15-4-3-5-16(11-14)22(15)28-8-9-29-22/h6-7,12,14-16H,3-5,8-11,13H2,1-2H3/t14?,15-,16+. The predicted octanol–water partition coefficient (Wildman–Crippen LogP) is 4.43. The molecule has 3 aliphatic rings. The van der Waals surface area contributed by atoms with Gasteiger partial charge in [0.25, 0.3) is 0 Å². The highest BCUT2D eigenvalue weighted by molar-refractivity contribution is 8.21. The molecule has 2 bridgehead atoms. The van der Waals surface area contributed by atoms with Crippen molar-refractivity contribution in [3.8, 4) is 11.5 Å². The van der Waals surface area contributed by atoms with Crippen molar-refractivity contribution in [3.63, 3.8) is 0 Å². The van der Waals surface area contributed by atoms with Gasteiger partial charge in [0.1, 0.15) is 11.5 Å². The smallest absolute Gasteiger partial charge is 0.309 e. The van der Waals surface area contributed by atoms with E-state index in [-0.39, 0.29) is 24.3 Å². The Morgan fingerprint density at radius 3 is 2.38 bits per heavy atom. The molecule has 3 atom stereocenters. The van der Waals surface area contributed by atoms with Crippen LogP contribution in [0, 0.1) is 17.8 Å². The molecule has 2 saturated carbocycles. The second-order valence-corrected chi connectivity index (χ2v) is 11.0. The van der Waals surface area contributed by atoms with Crippen molar-refractivity contribution in [2.75, 3.05) is 32.3 Å². The normalized spacial score (nSPS) is 27.4. The maximum atomic E-state index is 12.8. The molecule has 4 rings (SSSR count). The third kappa shape index (κ3) is 4.00. The largest absolute Gasteiger partial charge is 0.497 e. The molecule has 1 aliphatic heterocycles. The first kappa shape index (κ1) is 20.9. The fourth-order valence-electron chi connectivity index (χ4n) is 5.17. The Balaban J connectivity index is 1.39. The van der Waals surface area contributed by atoms with Gasteiger partial charge in [-0.2, -0.15) is 0 Å². The van der Waals surface area contributed by atoms with E-state index < -0.39 is 0 Å². The van der Waals surface area contributed by atoms with E-state index in [2.05, 4.69) is 23.5 Å². The number of Topliss-reactive ketones (excluding diaryl/α,β-unsaturated/α-hetero) is 1. The number of ether oxygens (including phenoxy) is 3. The first-order valence-electron chi connectivity index (χ1n) is 10.3. The van der Waals surface area contributed by atoms with E-state index in [1.54, 1.807) is 25.3 Å². The van der Waals surface area contributed by atoms with Crippen LogP contribution in [0.25, 0.3) is 0 Å². The van der Waals surface area contributed by atoms with Crippen molar-refractivity contribution in [2.45, 2.75) is 36.2 Å². The van der Waals surface area contributed by atoms with Gasteiger partial charge >= 0.3 is 5.97 Å². The average Bonchev–Trinajstić information content (AvgIpc) is 3.20. The second kappa shape index (κ2) is 8.80. The molecule has 3 fully saturated rings. The third-order valence-corrected chi connectivity index (χ3v) is 10.5. The molecular formula is C22H28O5S2. The fourth-order valence-corrected chi connectivity index (χ4v) is 9.10. The van der Waals surface area contributed by atoms with Gasteiger partial charge in [-0.3, -0.25) is 9.59 Å². The number of methoxy groups -OCH3 is 2. The van der Waals surface area contributed by atoms with E-state index in [1.807, 2.05) is 0 Å². The molecule has 1 aromatic rings. The SMILES string of the molecule is COc1ccc(OC)c(C(=O)COC(=O)C2C[C@H]3CCC[C@@H](C2)C32SCCS2)c1. The van der Waals surface area contributed by atoms with Crippen molar-refractivity contribution in [3.05, 3.63) is 23.8 Å². The van der Waals surface area contributed by atoms with Gasteiger partial charge in [-0.25, -0.2) is 0 Å². The van der Waals surface area contributed by atoms with Gasteiger partial charge < -0.3 is 14.2 Å². The van der Waals surface area contributed by atoms with Gasteiger partial charge in [0.2, 0.25) is 5.78 Å². The molecule has 1 spiro atoms. The summed E-state index contributed by atoms with van der Waals surface area (Å²) in [5, 5.41) is 0. The molecule has 158 valence electrons. The highest BCUT2D eigenvalue weighted by atomic mass is 32.2. The minimum atomic E-state index is -0.275. The number of hydrogen-bond donors (Lipinski definition) is 0. The third-order valence-electron chi connectivity index (χ3n) is 6.51. The van der Waals surface area contributed by atoms with Crippen molar-refractivity contribution in [1.29, 1.82) is 0 Å². The lowest BCUT2D eigenvalue weighted by molar-refractivity contribution is -0.150. The lowest BCUT2D eigenvalue weighted by atomic mass is 9.67. The maximum Gasteiger partial charge on any atom is 0.309 e. The molecular weight excluding hydrogens is 408 g/mol. The van der Waals surface area contributed by atoms with Gasteiger partial charge in [0, 0.05) is 11.5 Å². The molecule has 29 heavy (non-hydrogen) atoms. The summed E-state index contributed by atoms with van der Waals surface area (Å²) in [7, 11) is 3.06. The van der Waals surface area contributed by atoms with Crippen LogP contribution in [0.3, 0.4) is 0 Å². The summed E-state index contributed by atoms with van der Waals surface area (Å²) >= 11 is 4.25. The zero-order valence-corrected chi connectivity index (χ0v) is 18.6. The van der Waals surface area contributed by atoms with Gasteiger partial charge in [0.15, 0.2) is 6.61 Å². The Kier molecular flexibility index (Phi) is 6.35. The molecule has 5 nitrogen and oxygen atoms in total. The van der Waals surface area contributed by atoms with Crippen LogP contribution in [0.2, 0.25) is 0 Å². The number of thioether (sulfide) groups is 2. The Morgan fingerprint density at radius 1 is 1.07 bits per heavy atom. The van der Waals surface area contributed by atoms with Gasteiger partial charge in [-0.05, 0) is 55.7 Å². The molecule has 7 heteroatoms. The van der Waals surface area contributed by atoms with E-state index >= 15 is 0 Å².